The minimum Gasteiger partial charge on any atom is -0.488 e. The first-order valence-corrected chi connectivity index (χ1v) is 14.1. The highest BCUT2D eigenvalue weighted by atomic mass is 35.5. The lowest BCUT2D eigenvalue weighted by atomic mass is 9.95. The van der Waals surface area contributed by atoms with Crippen molar-refractivity contribution in [3.8, 4) is 11.5 Å². The molecule has 1 aliphatic heterocycles. The summed E-state index contributed by atoms with van der Waals surface area (Å²) in [6.45, 7) is 3.64. The monoisotopic (exact) mass is 626 g/mol. The van der Waals surface area contributed by atoms with Crippen molar-refractivity contribution in [2.24, 2.45) is 5.10 Å². The molecule has 4 rings (SSSR count). The third kappa shape index (κ3) is 8.22. The summed E-state index contributed by atoms with van der Waals surface area (Å²) in [5.41, 5.74) is 5.46. The Bertz CT molecular complexity index is 1550. The van der Waals surface area contributed by atoms with Crippen LogP contribution in [0.5, 0.6) is 11.5 Å². The van der Waals surface area contributed by atoms with E-state index in [1.54, 1.807) is 62.4 Å². The number of para-hydroxylation sites is 1. The van der Waals surface area contributed by atoms with Crippen LogP contribution < -0.4 is 25.5 Å². The highest BCUT2D eigenvalue weighted by Gasteiger charge is 2.32. The van der Waals surface area contributed by atoms with Gasteiger partial charge in [-0.25, -0.2) is 10.2 Å². The number of hydrogen-bond acceptors (Lipinski definition) is 7. The molecule has 3 aromatic rings. The molecule has 0 aliphatic carbocycles. The number of ether oxygens (including phenoxy) is 3. The third-order valence-electron chi connectivity index (χ3n) is 6.00. The summed E-state index contributed by atoms with van der Waals surface area (Å²) in [7, 11) is 0. The van der Waals surface area contributed by atoms with Crippen LogP contribution in [-0.4, -0.2) is 36.4 Å². The zero-order chi connectivity index (χ0) is 30.1. The molecule has 9 nitrogen and oxygen atoms in total. The van der Waals surface area contributed by atoms with E-state index in [9.17, 15) is 9.59 Å². The topological polar surface area (TPSA) is 110 Å². The number of hydrogen-bond donors (Lipinski definition) is 3. The number of carbonyl (C=O) groups excluding carboxylic acids is 2. The number of nitrogens with one attached hydrogen (secondary N) is 3. The Morgan fingerprint density at radius 2 is 1.81 bits per heavy atom. The van der Waals surface area contributed by atoms with Crippen LogP contribution in [0.1, 0.15) is 36.6 Å². The smallest absolute Gasteiger partial charge is 0.338 e. The molecule has 0 saturated carbocycles. The van der Waals surface area contributed by atoms with Crippen molar-refractivity contribution in [2.45, 2.75) is 26.5 Å². The van der Waals surface area contributed by atoms with Gasteiger partial charge in [-0.05, 0) is 68.0 Å². The fraction of sp³-hybridized carbons (Fsp3) is 0.200. The first-order chi connectivity index (χ1) is 20.2. The normalized spacial score (nSPS) is 14.7. The number of esters is 1. The van der Waals surface area contributed by atoms with Gasteiger partial charge in [0.2, 0.25) is 0 Å². The number of allylic oxidation sites excluding steroid dienone is 1. The molecule has 3 aromatic carbocycles. The second kappa shape index (κ2) is 14.7. The first-order valence-electron chi connectivity index (χ1n) is 12.9. The van der Waals surface area contributed by atoms with Crippen molar-refractivity contribution in [3.63, 3.8) is 0 Å². The average Bonchev–Trinajstić information content (AvgIpc) is 2.95. The molecule has 1 heterocycles. The number of hydrazone groups is 1. The van der Waals surface area contributed by atoms with Gasteiger partial charge in [-0.3, -0.25) is 4.79 Å². The Labute approximate surface area is 258 Å². The summed E-state index contributed by atoms with van der Waals surface area (Å²) in [6.07, 6.45) is 1.43. The van der Waals surface area contributed by atoms with E-state index < -0.39 is 17.9 Å². The van der Waals surface area contributed by atoms with Gasteiger partial charge in [0.1, 0.15) is 18.1 Å². The van der Waals surface area contributed by atoms with Crippen molar-refractivity contribution < 1.29 is 23.8 Å². The zero-order valence-electron chi connectivity index (χ0n) is 22.8. The summed E-state index contributed by atoms with van der Waals surface area (Å²) in [6, 6.07) is 18.8. The van der Waals surface area contributed by atoms with Crippen LogP contribution in [0.15, 0.2) is 83.1 Å². The highest BCUT2D eigenvalue weighted by molar-refractivity contribution is 7.80. The number of benzene rings is 3. The lowest BCUT2D eigenvalue weighted by molar-refractivity contribution is -0.139. The number of carbonyl (C=O) groups is 2. The van der Waals surface area contributed by atoms with E-state index in [2.05, 4.69) is 21.2 Å². The largest absolute Gasteiger partial charge is 0.488 e. The predicted molar refractivity (Wildman–Crippen MR) is 166 cm³/mol. The van der Waals surface area contributed by atoms with Gasteiger partial charge in [0.15, 0.2) is 11.7 Å². The molecule has 0 aromatic heterocycles. The van der Waals surface area contributed by atoms with E-state index in [-0.39, 0.29) is 19.8 Å². The lowest BCUT2D eigenvalue weighted by Gasteiger charge is -2.30. The van der Waals surface area contributed by atoms with E-state index in [0.717, 1.165) is 5.56 Å². The minimum atomic E-state index is -0.636. The maximum Gasteiger partial charge on any atom is 0.338 e. The fourth-order valence-corrected chi connectivity index (χ4v) is 4.81. The number of amides is 1. The Kier molecular flexibility index (Phi) is 10.8. The van der Waals surface area contributed by atoms with Gasteiger partial charge >= 0.3 is 5.97 Å². The van der Waals surface area contributed by atoms with Crippen LogP contribution in [0.25, 0.3) is 0 Å². The Morgan fingerprint density at radius 3 is 2.60 bits per heavy atom. The summed E-state index contributed by atoms with van der Waals surface area (Å²) in [4.78, 5) is 25.3. The zero-order valence-corrected chi connectivity index (χ0v) is 25.1. The number of thiocarbonyl (C=S) groups is 1. The van der Waals surface area contributed by atoms with Crippen LogP contribution in [-0.2, 0) is 20.9 Å². The molecular weight excluding hydrogens is 599 g/mol. The van der Waals surface area contributed by atoms with Gasteiger partial charge in [0.25, 0.3) is 5.91 Å². The van der Waals surface area contributed by atoms with Gasteiger partial charge in [0.05, 0.1) is 24.4 Å². The number of nitrogens with zero attached hydrogens (tertiary/aromatic N) is 1. The Hall–Kier alpha value is -4.12. The summed E-state index contributed by atoms with van der Waals surface area (Å²) >= 11 is 17.5. The number of rotatable bonds is 11. The average molecular weight is 628 g/mol. The molecule has 0 saturated heterocycles. The molecule has 0 spiro atoms. The second-order valence-electron chi connectivity index (χ2n) is 9.01. The molecule has 1 amide bonds. The lowest BCUT2D eigenvalue weighted by Crippen LogP contribution is -2.45. The molecule has 218 valence electrons. The van der Waals surface area contributed by atoms with Crippen LogP contribution in [0.2, 0.25) is 10.0 Å². The molecular formula is C30H28Cl2N4O5S. The molecule has 0 fully saturated rings. The van der Waals surface area contributed by atoms with Crippen LogP contribution in [0, 0.1) is 0 Å². The highest BCUT2D eigenvalue weighted by Crippen LogP contribution is 2.33. The molecule has 1 aliphatic rings. The van der Waals surface area contributed by atoms with Crippen LogP contribution in [0.4, 0.5) is 0 Å². The second-order valence-corrected chi connectivity index (χ2v) is 10.3. The van der Waals surface area contributed by atoms with Gasteiger partial charge in [-0.2, -0.15) is 5.10 Å². The molecule has 0 unspecified atom stereocenters. The van der Waals surface area contributed by atoms with Gasteiger partial charge < -0.3 is 24.8 Å². The summed E-state index contributed by atoms with van der Waals surface area (Å²) < 4.78 is 17.0. The van der Waals surface area contributed by atoms with Crippen molar-refractivity contribution in [2.75, 3.05) is 13.2 Å². The fourth-order valence-electron chi connectivity index (χ4n) is 4.15. The minimum absolute atomic E-state index is 0.219. The predicted octanol–water partition coefficient (Wildman–Crippen LogP) is 5.46. The maximum atomic E-state index is 12.7. The molecule has 0 radical (unpaired) electrons. The van der Waals surface area contributed by atoms with Crippen molar-refractivity contribution >= 4 is 58.6 Å². The van der Waals surface area contributed by atoms with Crippen molar-refractivity contribution in [1.29, 1.82) is 0 Å². The first kappa shape index (κ1) is 30.8. The standard InChI is InChI=1S/C30H28Cl2N4O5S/c1-3-39-29(38)27-18(2)34-30(42)35-28(27)23-9-4-5-10-25(23)41-17-26(37)36-33-15-20-14-22(32)11-12-24(20)40-16-19-7-6-8-21(31)13-19/h4-15,28H,3,16-17H2,1-2H3,(H,36,37)(H2,34,35,42)/t28-/m0/s1. The van der Waals surface area contributed by atoms with E-state index in [1.807, 2.05) is 18.2 Å². The third-order valence-corrected chi connectivity index (χ3v) is 6.69. The van der Waals surface area contributed by atoms with E-state index >= 15 is 0 Å². The molecule has 0 bridgehead atoms. The molecule has 42 heavy (non-hydrogen) atoms. The van der Waals surface area contributed by atoms with Gasteiger partial charge in [-0.15, -0.1) is 0 Å². The van der Waals surface area contributed by atoms with E-state index in [1.165, 1.54) is 6.21 Å². The van der Waals surface area contributed by atoms with Gasteiger partial charge in [-0.1, -0.05) is 53.5 Å². The van der Waals surface area contributed by atoms with Gasteiger partial charge in [0, 0.05) is 26.9 Å². The summed E-state index contributed by atoms with van der Waals surface area (Å²) in [5, 5.41) is 11.5. The summed E-state index contributed by atoms with van der Waals surface area (Å²) in [5.74, 6) is -0.0763. The quantitative estimate of drug-likeness (QED) is 0.111. The Morgan fingerprint density at radius 1 is 1.02 bits per heavy atom. The molecule has 3 N–H and O–H groups in total. The van der Waals surface area contributed by atoms with E-state index in [0.29, 0.717) is 49.1 Å². The van der Waals surface area contributed by atoms with Crippen molar-refractivity contribution in [3.05, 3.63) is 105 Å². The molecule has 1 atom stereocenters. The van der Waals surface area contributed by atoms with Crippen LogP contribution >= 0.6 is 35.4 Å². The Balaban J connectivity index is 1.41. The van der Waals surface area contributed by atoms with E-state index in [4.69, 9.17) is 49.6 Å². The maximum absolute atomic E-state index is 12.7. The van der Waals surface area contributed by atoms with Crippen LogP contribution in [0.3, 0.4) is 0 Å². The number of halogens is 2. The SMILES string of the molecule is CCOC(=O)C1=C(C)NC(=S)N[C@H]1c1ccccc1OCC(=O)NN=Cc1cc(Cl)ccc1OCc1cccc(Cl)c1. The van der Waals surface area contributed by atoms with Crippen molar-refractivity contribution in [1.82, 2.24) is 16.1 Å². The molecule has 12 heteroatoms.